The molecule has 0 unspecified atom stereocenters. The van der Waals surface area contributed by atoms with Crippen molar-refractivity contribution in [2.45, 2.75) is 32.9 Å². The van der Waals surface area contributed by atoms with Crippen LogP contribution in [0.2, 0.25) is 0 Å². The van der Waals surface area contributed by atoms with Crippen LogP contribution in [0.5, 0.6) is 5.75 Å². The molecule has 4 aromatic rings. The van der Waals surface area contributed by atoms with Crippen LogP contribution in [-0.2, 0) is 13.1 Å². The summed E-state index contributed by atoms with van der Waals surface area (Å²) in [5.41, 5.74) is 8.37. The zero-order chi connectivity index (χ0) is 23.9. The van der Waals surface area contributed by atoms with E-state index in [0.29, 0.717) is 30.0 Å². The van der Waals surface area contributed by atoms with E-state index in [0.717, 1.165) is 35.9 Å². The Morgan fingerprint density at radius 1 is 1.12 bits per heavy atom. The van der Waals surface area contributed by atoms with Crippen molar-refractivity contribution in [1.29, 1.82) is 0 Å². The van der Waals surface area contributed by atoms with Gasteiger partial charge < -0.3 is 19.6 Å². The zero-order valence-electron chi connectivity index (χ0n) is 18.9. The average molecular weight is 465 g/mol. The van der Waals surface area contributed by atoms with Crippen LogP contribution in [0.15, 0.2) is 76.5 Å². The van der Waals surface area contributed by atoms with Gasteiger partial charge in [0, 0.05) is 29.6 Å². The monoisotopic (exact) mass is 464 g/mol. The third-order valence-corrected chi connectivity index (χ3v) is 5.29. The number of nitrogens with zero attached hydrogens (tertiary/aromatic N) is 3. The van der Waals surface area contributed by atoms with Crippen LogP contribution in [0.25, 0.3) is 11.3 Å². The molecule has 8 heteroatoms. The third kappa shape index (κ3) is 5.70. The van der Waals surface area contributed by atoms with E-state index >= 15 is 0 Å². The van der Waals surface area contributed by atoms with Crippen molar-refractivity contribution in [2.75, 3.05) is 12.3 Å². The maximum Gasteiger partial charge on any atom is 0.163 e. The first-order valence-corrected chi connectivity index (χ1v) is 11.1. The molecule has 0 atom stereocenters. The number of nitrogens with two attached hydrogens (primary N) is 1. The molecule has 0 spiro atoms. The maximum atomic E-state index is 13.8. The molecule has 0 radical (unpaired) electrons. The molecular weight excluding hydrogens is 438 g/mol. The van der Waals surface area contributed by atoms with Gasteiger partial charge >= 0.3 is 0 Å². The SMILES string of the molecule is CCCCOc1ccc(-c2cc(Cn3ccc(=NCc4cccc(F)c4F)c(N)c3)on2)cc1. The fourth-order valence-corrected chi connectivity index (χ4v) is 3.39. The molecular formula is C26H26F2N4O2. The van der Waals surface area contributed by atoms with Gasteiger partial charge in [-0.2, -0.15) is 0 Å². The molecule has 0 aliphatic carbocycles. The molecule has 2 aromatic carbocycles. The van der Waals surface area contributed by atoms with Gasteiger partial charge in [-0.1, -0.05) is 30.6 Å². The van der Waals surface area contributed by atoms with E-state index in [1.54, 1.807) is 18.5 Å². The molecule has 2 aromatic heterocycles. The number of benzene rings is 2. The highest BCUT2D eigenvalue weighted by Gasteiger charge is 2.09. The lowest BCUT2D eigenvalue weighted by Gasteiger charge is -2.06. The first-order valence-electron chi connectivity index (χ1n) is 11.1. The molecule has 6 nitrogen and oxygen atoms in total. The summed E-state index contributed by atoms with van der Waals surface area (Å²) in [6.45, 7) is 3.25. The molecule has 0 fully saturated rings. The average Bonchev–Trinajstić information content (AvgIpc) is 3.30. The maximum absolute atomic E-state index is 13.8. The van der Waals surface area contributed by atoms with Crippen LogP contribution in [0.4, 0.5) is 14.5 Å². The fourth-order valence-electron chi connectivity index (χ4n) is 3.39. The number of halogens is 2. The lowest BCUT2D eigenvalue weighted by molar-refractivity contribution is 0.309. The first kappa shape index (κ1) is 23.2. The highest BCUT2D eigenvalue weighted by atomic mass is 19.2. The van der Waals surface area contributed by atoms with Crippen LogP contribution in [-0.4, -0.2) is 16.3 Å². The Bertz CT molecular complexity index is 1310. The van der Waals surface area contributed by atoms with Gasteiger partial charge in [0.15, 0.2) is 17.4 Å². The predicted octanol–water partition coefficient (Wildman–Crippen LogP) is 5.33. The third-order valence-electron chi connectivity index (χ3n) is 5.29. The Kier molecular flexibility index (Phi) is 7.37. The highest BCUT2D eigenvalue weighted by Crippen LogP contribution is 2.23. The van der Waals surface area contributed by atoms with Crippen molar-refractivity contribution in [3.05, 3.63) is 95.3 Å². The van der Waals surface area contributed by atoms with Crippen molar-refractivity contribution >= 4 is 5.69 Å². The number of ether oxygens (including phenoxy) is 1. The van der Waals surface area contributed by atoms with Gasteiger partial charge in [0.25, 0.3) is 0 Å². The summed E-state index contributed by atoms with van der Waals surface area (Å²) in [5, 5.41) is 4.66. The van der Waals surface area contributed by atoms with Gasteiger partial charge in [0.2, 0.25) is 0 Å². The first-order chi connectivity index (χ1) is 16.5. The van der Waals surface area contributed by atoms with Crippen LogP contribution in [0.3, 0.4) is 0 Å². The zero-order valence-corrected chi connectivity index (χ0v) is 18.9. The van der Waals surface area contributed by atoms with Gasteiger partial charge in [0.05, 0.1) is 30.7 Å². The molecule has 2 N–H and O–H groups in total. The molecule has 0 saturated heterocycles. The lowest BCUT2D eigenvalue weighted by atomic mass is 10.1. The van der Waals surface area contributed by atoms with Gasteiger partial charge in [-0.15, -0.1) is 0 Å². The summed E-state index contributed by atoms with van der Waals surface area (Å²) in [7, 11) is 0. The Hall–Kier alpha value is -3.94. The van der Waals surface area contributed by atoms with Crippen molar-refractivity contribution in [2.24, 2.45) is 4.99 Å². The van der Waals surface area contributed by atoms with E-state index in [1.165, 1.54) is 12.1 Å². The number of hydrogen-bond donors (Lipinski definition) is 1. The number of hydrogen-bond acceptors (Lipinski definition) is 5. The van der Waals surface area contributed by atoms with E-state index < -0.39 is 11.6 Å². The molecule has 176 valence electrons. The van der Waals surface area contributed by atoms with Crippen molar-refractivity contribution in [3.8, 4) is 17.0 Å². The minimum Gasteiger partial charge on any atom is -0.494 e. The van der Waals surface area contributed by atoms with E-state index in [2.05, 4.69) is 17.1 Å². The minimum absolute atomic E-state index is 0.00823. The summed E-state index contributed by atoms with van der Waals surface area (Å²) in [5.74, 6) is -0.295. The Morgan fingerprint density at radius 3 is 2.71 bits per heavy atom. The molecule has 0 aliphatic rings. The van der Waals surface area contributed by atoms with Gasteiger partial charge in [-0.05, 0) is 42.8 Å². The molecule has 0 aliphatic heterocycles. The van der Waals surface area contributed by atoms with Crippen LogP contribution >= 0.6 is 0 Å². The fraction of sp³-hybridized carbons (Fsp3) is 0.231. The largest absolute Gasteiger partial charge is 0.494 e. The van der Waals surface area contributed by atoms with E-state index in [9.17, 15) is 8.78 Å². The second-order valence-electron chi connectivity index (χ2n) is 7.89. The second kappa shape index (κ2) is 10.8. The number of unbranched alkanes of at least 4 members (excludes halogenated alkanes) is 1. The van der Waals surface area contributed by atoms with E-state index in [1.807, 2.05) is 34.9 Å². The molecule has 0 amide bonds. The Balaban J connectivity index is 1.42. The normalized spacial score (nSPS) is 11.7. The number of rotatable bonds is 9. The quantitative estimate of drug-likeness (QED) is 0.340. The van der Waals surface area contributed by atoms with Crippen molar-refractivity contribution in [3.63, 3.8) is 0 Å². The predicted molar refractivity (Wildman–Crippen MR) is 126 cm³/mol. The number of nitrogen functional groups attached to an aromatic ring is 1. The standard InChI is InChI=1S/C26H26F2N4O2/c1-2-3-13-33-20-9-7-18(8-10-20)25-14-21(34-31-25)16-32-12-11-24(23(29)17-32)30-15-19-5-4-6-22(27)26(19)28/h4-12,14,17H,2-3,13,15-16,29H2,1H3. The van der Waals surface area contributed by atoms with E-state index in [4.69, 9.17) is 15.0 Å². The van der Waals surface area contributed by atoms with Crippen LogP contribution < -0.4 is 15.8 Å². The molecule has 0 saturated carbocycles. The topological polar surface area (TPSA) is 78.6 Å². The van der Waals surface area contributed by atoms with Crippen molar-refractivity contribution in [1.82, 2.24) is 9.72 Å². The number of pyridine rings is 1. The second-order valence-corrected chi connectivity index (χ2v) is 7.89. The number of anilines is 1. The smallest absolute Gasteiger partial charge is 0.163 e. The van der Waals surface area contributed by atoms with Crippen LogP contribution in [0, 0.1) is 11.6 Å². The summed E-state index contributed by atoms with van der Waals surface area (Å²) in [4.78, 5) is 4.31. The highest BCUT2D eigenvalue weighted by molar-refractivity contribution is 5.59. The Labute approximate surface area is 196 Å². The van der Waals surface area contributed by atoms with E-state index in [-0.39, 0.29) is 12.1 Å². The number of aromatic nitrogens is 2. The van der Waals surface area contributed by atoms with Crippen LogP contribution in [0.1, 0.15) is 31.1 Å². The van der Waals surface area contributed by atoms with Gasteiger partial charge in [-0.3, -0.25) is 4.99 Å². The molecule has 0 bridgehead atoms. The summed E-state index contributed by atoms with van der Waals surface area (Å²) >= 11 is 0. The molecule has 2 heterocycles. The molecule has 34 heavy (non-hydrogen) atoms. The summed E-state index contributed by atoms with van der Waals surface area (Å²) in [6.07, 6.45) is 5.63. The Morgan fingerprint density at radius 2 is 1.94 bits per heavy atom. The van der Waals surface area contributed by atoms with Gasteiger partial charge in [0.1, 0.15) is 11.4 Å². The lowest BCUT2D eigenvalue weighted by Crippen LogP contribution is -2.13. The summed E-state index contributed by atoms with van der Waals surface area (Å²) in [6, 6.07) is 15.4. The molecule has 4 rings (SSSR count). The van der Waals surface area contributed by atoms with Crippen molar-refractivity contribution < 1.29 is 18.0 Å². The van der Waals surface area contributed by atoms with Gasteiger partial charge in [-0.25, -0.2) is 8.78 Å². The summed E-state index contributed by atoms with van der Waals surface area (Å²) < 4.78 is 40.2. The minimum atomic E-state index is -0.894.